The first-order valence-electron chi connectivity index (χ1n) is 5.77. The first kappa shape index (κ1) is 12.7. The van der Waals surface area contributed by atoms with Crippen LogP contribution in [-0.4, -0.2) is 9.19 Å². The summed E-state index contributed by atoms with van der Waals surface area (Å²) < 4.78 is 13.6. The average molecular weight is 379 g/mol. The summed E-state index contributed by atoms with van der Waals surface area (Å²) in [6, 6.07) is 17.6. The Labute approximate surface area is 127 Å². The Kier molecular flexibility index (Phi) is 3.61. The van der Waals surface area contributed by atoms with Crippen molar-refractivity contribution >= 4 is 44.2 Å². The molecule has 1 atom stereocenters. The number of fused-ring (bicyclic) bond motifs is 1. The summed E-state index contributed by atoms with van der Waals surface area (Å²) in [7, 11) is -1.23. The summed E-state index contributed by atoms with van der Waals surface area (Å²) in [4.78, 5) is 4.99. The summed E-state index contributed by atoms with van der Waals surface area (Å²) in [5.74, 6) is 0. The smallest absolute Gasteiger partial charge is 0.132 e. The number of rotatable bonds is 2. The highest BCUT2D eigenvalue weighted by Crippen LogP contribution is 2.26. The molecule has 3 aromatic rings. The number of hydrogen-bond acceptors (Lipinski definition) is 2. The topological polar surface area (TPSA) is 30.0 Å². The summed E-state index contributed by atoms with van der Waals surface area (Å²) >= 11 is 2.23. The molecule has 0 radical (unpaired) electrons. The van der Waals surface area contributed by atoms with Gasteiger partial charge in [-0.2, -0.15) is 0 Å². The predicted octanol–water partition coefficient (Wildman–Crippen LogP) is 4.01. The van der Waals surface area contributed by atoms with E-state index in [9.17, 15) is 4.21 Å². The summed E-state index contributed by atoms with van der Waals surface area (Å²) in [6.45, 7) is 0. The average Bonchev–Trinajstić information content (AvgIpc) is 2.47. The third kappa shape index (κ3) is 2.55. The van der Waals surface area contributed by atoms with E-state index in [2.05, 4.69) is 39.7 Å². The molecule has 0 amide bonds. The first-order chi connectivity index (χ1) is 9.25. The Morgan fingerprint density at radius 2 is 1.63 bits per heavy atom. The maximum atomic E-state index is 12.6. The lowest BCUT2D eigenvalue weighted by atomic mass is 10.1. The number of pyridine rings is 1. The van der Waals surface area contributed by atoms with Crippen molar-refractivity contribution in [3.05, 3.63) is 64.4 Å². The Morgan fingerprint density at radius 1 is 0.947 bits per heavy atom. The van der Waals surface area contributed by atoms with Crippen molar-refractivity contribution < 1.29 is 4.21 Å². The maximum absolute atomic E-state index is 12.6. The highest BCUT2D eigenvalue weighted by atomic mass is 127. The fourth-order valence-electron chi connectivity index (χ4n) is 1.90. The van der Waals surface area contributed by atoms with Crippen molar-refractivity contribution in [1.29, 1.82) is 0 Å². The van der Waals surface area contributed by atoms with Crippen molar-refractivity contribution in [1.82, 2.24) is 4.98 Å². The Morgan fingerprint density at radius 3 is 2.32 bits per heavy atom. The van der Waals surface area contributed by atoms with Gasteiger partial charge in [-0.05, 0) is 57.6 Å². The van der Waals surface area contributed by atoms with E-state index in [1.54, 1.807) is 12.3 Å². The summed E-state index contributed by atoms with van der Waals surface area (Å²) in [5, 5.41) is 2.85. The van der Waals surface area contributed by atoms with Gasteiger partial charge in [0, 0.05) is 9.77 Å². The van der Waals surface area contributed by atoms with E-state index in [0.717, 1.165) is 19.2 Å². The van der Waals surface area contributed by atoms with Crippen LogP contribution in [0.15, 0.2) is 70.7 Å². The van der Waals surface area contributed by atoms with Crippen LogP contribution in [0.5, 0.6) is 0 Å². The number of hydrogen-bond donors (Lipinski definition) is 0. The third-order valence-electron chi connectivity index (χ3n) is 2.83. The normalized spacial score (nSPS) is 12.5. The quantitative estimate of drug-likeness (QED) is 0.630. The molecule has 0 N–H and O–H groups in total. The van der Waals surface area contributed by atoms with E-state index >= 15 is 0 Å². The van der Waals surface area contributed by atoms with Gasteiger partial charge in [-0.3, -0.25) is 0 Å². The van der Waals surface area contributed by atoms with Crippen LogP contribution in [0.2, 0.25) is 0 Å². The minimum absolute atomic E-state index is 0.593. The van der Waals surface area contributed by atoms with Gasteiger partial charge in [-0.15, -0.1) is 0 Å². The van der Waals surface area contributed by atoms with E-state index in [-0.39, 0.29) is 0 Å². The third-order valence-corrected chi connectivity index (χ3v) is 5.44. The molecule has 0 aliphatic rings. The number of aromatic nitrogens is 1. The molecule has 1 aromatic heterocycles. The molecule has 94 valence electrons. The van der Waals surface area contributed by atoms with Gasteiger partial charge in [0.15, 0.2) is 0 Å². The minimum Gasteiger partial charge on any atom is -0.247 e. The first-order valence-corrected chi connectivity index (χ1v) is 8.00. The van der Waals surface area contributed by atoms with Crippen LogP contribution >= 0.6 is 22.6 Å². The van der Waals surface area contributed by atoms with Crippen molar-refractivity contribution in [3.63, 3.8) is 0 Å². The second-order valence-electron chi connectivity index (χ2n) is 4.07. The number of halogens is 1. The van der Waals surface area contributed by atoms with E-state index in [4.69, 9.17) is 0 Å². The molecule has 4 heteroatoms. The van der Waals surface area contributed by atoms with Crippen molar-refractivity contribution in [2.75, 3.05) is 0 Å². The van der Waals surface area contributed by atoms with Crippen LogP contribution in [0, 0.1) is 3.57 Å². The van der Waals surface area contributed by atoms with Crippen LogP contribution in [0.4, 0.5) is 0 Å². The standard InChI is InChI=1S/C15H10INOS/c16-13-9-11-5-1-2-6-12(11)10-14(13)19(18)15-7-3-4-8-17-15/h1-10H. The molecule has 1 unspecified atom stereocenters. The van der Waals surface area contributed by atoms with E-state index in [0.29, 0.717) is 5.03 Å². The van der Waals surface area contributed by atoms with Crippen molar-refractivity contribution in [2.24, 2.45) is 0 Å². The molecule has 0 aliphatic carbocycles. The fourth-order valence-corrected chi connectivity index (χ4v) is 4.05. The van der Waals surface area contributed by atoms with Crippen LogP contribution in [0.25, 0.3) is 10.8 Å². The lowest BCUT2D eigenvalue weighted by Crippen LogP contribution is -1.98. The molecule has 2 aromatic carbocycles. The second kappa shape index (κ2) is 5.38. The molecule has 0 saturated heterocycles. The predicted molar refractivity (Wildman–Crippen MR) is 85.6 cm³/mol. The second-order valence-corrected chi connectivity index (χ2v) is 6.62. The zero-order valence-electron chi connectivity index (χ0n) is 9.92. The van der Waals surface area contributed by atoms with Gasteiger partial charge in [-0.25, -0.2) is 9.19 Å². The molecule has 2 nitrogen and oxygen atoms in total. The minimum atomic E-state index is -1.23. The highest BCUT2D eigenvalue weighted by molar-refractivity contribution is 14.1. The molecule has 0 spiro atoms. The van der Waals surface area contributed by atoms with Crippen LogP contribution in [0.1, 0.15) is 0 Å². The monoisotopic (exact) mass is 379 g/mol. The maximum Gasteiger partial charge on any atom is 0.132 e. The molecule has 0 fully saturated rings. The van der Waals surface area contributed by atoms with Gasteiger partial charge in [0.25, 0.3) is 0 Å². The van der Waals surface area contributed by atoms with Gasteiger partial charge < -0.3 is 0 Å². The largest absolute Gasteiger partial charge is 0.247 e. The van der Waals surface area contributed by atoms with E-state index in [1.165, 1.54) is 0 Å². The molecular weight excluding hydrogens is 369 g/mol. The zero-order valence-corrected chi connectivity index (χ0v) is 12.9. The van der Waals surface area contributed by atoms with Crippen molar-refractivity contribution in [3.8, 4) is 0 Å². The molecule has 0 bridgehead atoms. The molecular formula is C15H10INOS. The number of nitrogens with zero attached hydrogens (tertiary/aromatic N) is 1. The van der Waals surface area contributed by atoms with Gasteiger partial charge in [0.05, 0.1) is 4.90 Å². The van der Waals surface area contributed by atoms with Gasteiger partial charge >= 0.3 is 0 Å². The SMILES string of the molecule is O=S(c1ccccn1)c1cc2ccccc2cc1I. The summed E-state index contributed by atoms with van der Waals surface area (Å²) in [5.41, 5.74) is 0. The van der Waals surface area contributed by atoms with Gasteiger partial charge in [0.1, 0.15) is 15.8 Å². The van der Waals surface area contributed by atoms with E-state index < -0.39 is 10.8 Å². The fraction of sp³-hybridized carbons (Fsp3) is 0. The molecule has 0 aliphatic heterocycles. The lowest BCUT2D eigenvalue weighted by Gasteiger charge is -2.06. The Hall–Kier alpha value is -1.27. The highest BCUT2D eigenvalue weighted by Gasteiger charge is 2.12. The van der Waals surface area contributed by atoms with Crippen LogP contribution in [-0.2, 0) is 10.8 Å². The van der Waals surface area contributed by atoms with Crippen molar-refractivity contribution in [2.45, 2.75) is 9.92 Å². The van der Waals surface area contributed by atoms with Gasteiger partial charge in [0.2, 0.25) is 0 Å². The molecule has 0 saturated carbocycles. The molecule has 3 rings (SSSR count). The summed E-state index contributed by atoms with van der Waals surface area (Å²) in [6.07, 6.45) is 1.67. The Bertz CT molecular complexity index is 758. The van der Waals surface area contributed by atoms with Crippen LogP contribution < -0.4 is 0 Å². The lowest BCUT2D eigenvalue weighted by molar-refractivity contribution is 0.680. The zero-order chi connectivity index (χ0) is 13.2. The Balaban J connectivity index is 2.15. The van der Waals surface area contributed by atoms with E-state index in [1.807, 2.05) is 36.4 Å². The van der Waals surface area contributed by atoms with Gasteiger partial charge in [-0.1, -0.05) is 30.3 Å². The number of benzene rings is 2. The molecule has 19 heavy (non-hydrogen) atoms. The van der Waals surface area contributed by atoms with Crippen LogP contribution in [0.3, 0.4) is 0 Å². The molecule has 1 heterocycles.